The van der Waals surface area contributed by atoms with E-state index in [0.717, 1.165) is 11.4 Å². The molecule has 0 saturated heterocycles. The summed E-state index contributed by atoms with van der Waals surface area (Å²) in [5.41, 5.74) is 2.90. The van der Waals surface area contributed by atoms with Crippen molar-refractivity contribution in [2.45, 2.75) is 77.2 Å². The average Bonchev–Trinajstić information content (AvgIpc) is 2.87. The van der Waals surface area contributed by atoms with Crippen LogP contribution in [0.2, 0.25) is 5.02 Å². The van der Waals surface area contributed by atoms with Crippen molar-refractivity contribution in [2.24, 2.45) is 5.84 Å². The molecule has 0 bridgehead atoms. The van der Waals surface area contributed by atoms with E-state index >= 15 is 0 Å². The van der Waals surface area contributed by atoms with Gasteiger partial charge in [0.15, 0.2) is 0 Å². The van der Waals surface area contributed by atoms with Gasteiger partial charge in [-0.25, -0.2) is 0 Å². The SMILES string of the molecule is CCCCCCCCCCCC(NN)c1sccc1Cl. The largest absolute Gasteiger partial charge is 0.271 e. The predicted octanol–water partition coefficient (Wildman–Crippen LogP) is 5.83. The standard InChI is InChI=1S/C16H29ClN2S/c1-2-3-4-5-6-7-8-9-10-11-15(19-18)16-14(17)12-13-20-16/h12-13,15,19H,2-11,18H2,1H3. The molecule has 3 N–H and O–H groups in total. The van der Waals surface area contributed by atoms with Crippen LogP contribution in [0.1, 0.15) is 82.1 Å². The van der Waals surface area contributed by atoms with Gasteiger partial charge in [0.05, 0.1) is 11.1 Å². The molecule has 1 atom stereocenters. The summed E-state index contributed by atoms with van der Waals surface area (Å²) in [6.45, 7) is 2.27. The molecule has 1 aromatic rings. The molecule has 0 fully saturated rings. The number of hydrogen-bond donors (Lipinski definition) is 2. The summed E-state index contributed by atoms with van der Waals surface area (Å²) >= 11 is 7.84. The van der Waals surface area contributed by atoms with Crippen molar-refractivity contribution in [1.29, 1.82) is 0 Å². The number of nitrogens with two attached hydrogens (primary N) is 1. The second-order valence-corrected chi connectivity index (χ2v) is 6.82. The number of hydrazine groups is 1. The van der Waals surface area contributed by atoms with E-state index in [1.54, 1.807) is 11.3 Å². The second-order valence-electron chi connectivity index (χ2n) is 5.47. The van der Waals surface area contributed by atoms with Crippen molar-refractivity contribution < 1.29 is 0 Å². The molecule has 116 valence electrons. The van der Waals surface area contributed by atoms with Gasteiger partial charge < -0.3 is 0 Å². The lowest BCUT2D eigenvalue weighted by atomic mass is 10.0. The first-order valence-electron chi connectivity index (χ1n) is 7.98. The fourth-order valence-corrected chi connectivity index (χ4v) is 3.79. The van der Waals surface area contributed by atoms with Crippen molar-refractivity contribution in [3.05, 3.63) is 21.3 Å². The quantitative estimate of drug-likeness (QED) is 0.289. The minimum absolute atomic E-state index is 0.215. The molecule has 1 unspecified atom stereocenters. The van der Waals surface area contributed by atoms with Crippen LogP contribution in [-0.2, 0) is 0 Å². The molecule has 1 aromatic heterocycles. The first-order valence-corrected chi connectivity index (χ1v) is 9.24. The lowest BCUT2D eigenvalue weighted by Gasteiger charge is -2.14. The molecular weight excluding hydrogens is 288 g/mol. The van der Waals surface area contributed by atoms with E-state index in [9.17, 15) is 0 Å². The van der Waals surface area contributed by atoms with Crippen LogP contribution in [0.4, 0.5) is 0 Å². The third-order valence-electron chi connectivity index (χ3n) is 3.76. The second kappa shape index (κ2) is 11.6. The molecule has 0 aromatic carbocycles. The van der Waals surface area contributed by atoms with Gasteiger partial charge in [-0.05, 0) is 17.9 Å². The monoisotopic (exact) mass is 316 g/mol. The summed E-state index contributed by atoms with van der Waals surface area (Å²) in [6.07, 6.45) is 13.3. The smallest absolute Gasteiger partial charge is 0.0568 e. The Kier molecular flexibility index (Phi) is 10.4. The zero-order valence-electron chi connectivity index (χ0n) is 12.7. The van der Waals surface area contributed by atoms with Gasteiger partial charge in [0.1, 0.15) is 0 Å². The van der Waals surface area contributed by atoms with Crippen molar-refractivity contribution >= 4 is 22.9 Å². The maximum Gasteiger partial charge on any atom is 0.0568 e. The molecule has 0 radical (unpaired) electrons. The van der Waals surface area contributed by atoms with Gasteiger partial charge >= 0.3 is 0 Å². The Hall–Kier alpha value is -0.0900. The Morgan fingerprint density at radius 1 is 1.10 bits per heavy atom. The highest BCUT2D eigenvalue weighted by atomic mass is 35.5. The van der Waals surface area contributed by atoms with E-state index in [2.05, 4.69) is 12.3 Å². The normalized spacial score (nSPS) is 12.8. The van der Waals surface area contributed by atoms with E-state index in [-0.39, 0.29) is 6.04 Å². The van der Waals surface area contributed by atoms with Crippen LogP contribution in [0.25, 0.3) is 0 Å². The number of unbranched alkanes of at least 4 members (excludes halogenated alkanes) is 8. The number of rotatable bonds is 12. The summed E-state index contributed by atoms with van der Waals surface area (Å²) in [7, 11) is 0. The minimum Gasteiger partial charge on any atom is -0.271 e. The van der Waals surface area contributed by atoms with Gasteiger partial charge in [-0.1, -0.05) is 76.3 Å². The molecule has 20 heavy (non-hydrogen) atoms. The maximum absolute atomic E-state index is 6.15. The van der Waals surface area contributed by atoms with E-state index in [1.165, 1.54) is 62.7 Å². The van der Waals surface area contributed by atoms with Gasteiger partial charge in [0, 0.05) is 4.88 Å². The van der Waals surface area contributed by atoms with E-state index in [0.29, 0.717) is 0 Å². The van der Waals surface area contributed by atoms with Crippen molar-refractivity contribution in [3.8, 4) is 0 Å². The van der Waals surface area contributed by atoms with Crippen LogP contribution >= 0.6 is 22.9 Å². The van der Waals surface area contributed by atoms with Gasteiger partial charge in [-0.2, -0.15) is 0 Å². The zero-order valence-corrected chi connectivity index (χ0v) is 14.2. The summed E-state index contributed by atoms with van der Waals surface area (Å²) in [5.74, 6) is 5.64. The molecule has 0 spiro atoms. The molecular formula is C16H29ClN2S. The van der Waals surface area contributed by atoms with Crippen LogP contribution in [0.3, 0.4) is 0 Å². The molecule has 0 amide bonds. The van der Waals surface area contributed by atoms with E-state index < -0.39 is 0 Å². The fourth-order valence-electron chi connectivity index (χ4n) is 2.50. The van der Waals surface area contributed by atoms with Gasteiger partial charge in [0.2, 0.25) is 0 Å². The molecule has 1 heterocycles. The molecule has 2 nitrogen and oxygen atoms in total. The Balaban J connectivity index is 2.04. The van der Waals surface area contributed by atoms with Crippen LogP contribution in [-0.4, -0.2) is 0 Å². The summed E-state index contributed by atoms with van der Waals surface area (Å²) in [5, 5.41) is 2.87. The van der Waals surface area contributed by atoms with Crippen molar-refractivity contribution in [3.63, 3.8) is 0 Å². The highest BCUT2D eigenvalue weighted by molar-refractivity contribution is 7.10. The first kappa shape index (κ1) is 18.0. The van der Waals surface area contributed by atoms with Crippen LogP contribution < -0.4 is 11.3 Å². The molecule has 4 heteroatoms. The number of halogens is 1. The third-order valence-corrected chi connectivity index (χ3v) is 5.23. The Labute approximate surface area is 133 Å². The maximum atomic E-state index is 6.15. The first-order chi connectivity index (χ1) is 9.79. The summed E-state index contributed by atoms with van der Waals surface area (Å²) in [6, 6.07) is 2.16. The topological polar surface area (TPSA) is 38.0 Å². The Bertz CT molecular complexity index is 341. The molecule has 0 aliphatic heterocycles. The van der Waals surface area contributed by atoms with Crippen molar-refractivity contribution in [1.82, 2.24) is 5.43 Å². The van der Waals surface area contributed by atoms with Gasteiger partial charge in [-0.3, -0.25) is 11.3 Å². The lowest BCUT2D eigenvalue weighted by molar-refractivity contribution is 0.479. The summed E-state index contributed by atoms with van der Waals surface area (Å²) in [4.78, 5) is 1.17. The third kappa shape index (κ3) is 7.07. The molecule has 0 aliphatic carbocycles. The fraction of sp³-hybridized carbons (Fsp3) is 0.750. The number of nitrogens with one attached hydrogen (secondary N) is 1. The molecule has 0 saturated carbocycles. The Morgan fingerprint density at radius 3 is 2.20 bits per heavy atom. The van der Waals surface area contributed by atoms with E-state index in [1.807, 2.05) is 11.4 Å². The zero-order chi connectivity index (χ0) is 14.6. The summed E-state index contributed by atoms with van der Waals surface area (Å²) < 4.78 is 0. The highest BCUT2D eigenvalue weighted by Gasteiger charge is 2.13. The highest BCUT2D eigenvalue weighted by Crippen LogP contribution is 2.31. The predicted molar refractivity (Wildman–Crippen MR) is 91.2 cm³/mol. The molecule has 1 rings (SSSR count). The minimum atomic E-state index is 0.215. The van der Waals surface area contributed by atoms with Gasteiger partial charge in [-0.15, -0.1) is 11.3 Å². The van der Waals surface area contributed by atoms with Gasteiger partial charge in [0.25, 0.3) is 0 Å². The van der Waals surface area contributed by atoms with Crippen molar-refractivity contribution in [2.75, 3.05) is 0 Å². The number of thiophene rings is 1. The molecule has 0 aliphatic rings. The Morgan fingerprint density at radius 2 is 1.70 bits per heavy atom. The van der Waals surface area contributed by atoms with E-state index in [4.69, 9.17) is 17.4 Å². The average molecular weight is 317 g/mol. The van der Waals surface area contributed by atoms with Crippen LogP contribution in [0.5, 0.6) is 0 Å². The van der Waals surface area contributed by atoms with Crippen LogP contribution in [0.15, 0.2) is 11.4 Å². The van der Waals surface area contributed by atoms with Crippen LogP contribution in [0, 0.1) is 0 Å². The lowest BCUT2D eigenvalue weighted by Crippen LogP contribution is -2.27. The number of hydrogen-bond acceptors (Lipinski definition) is 3.